The highest BCUT2D eigenvalue weighted by atomic mass is 16.2. The van der Waals surface area contributed by atoms with E-state index in [4.69, 9.17) is 11.0 Å². The van der Waals surface area contributed by atoms with E-state index in [0.717, 1.165) is 0 Å². The molecule has 0 aliphatic carbocycles. The molecule has 0 atom stereocenters. The lowest BCUT2D eigenvalue weighted by Crippen LogP contribution is -2.30. The minimum atomic E-state index is -0.202. The van der Waals surface area contributed by atoms with Gasteiger partial charge < -0.3 is 10.6 Å². The smallest absolute Gasteiger partial charge is 0.274 e. The van der Waals surface area contributed by atoms with Crippen LogP contribution in [-0.2, 0) is 6.54 Å². The summed E-state index contributed by atoms with van der Waals surface area (Å²) in [7, 11) is 1.64. The number of nitrogens with zero attached hydrogens (tertiary/aromatic N) is 4. The second-order valence-electron chi connectivity index (χ2n) is 3.40. The van der Waals surface area contributed by atoms with E-state index in [0.29, 0.717) is 30.9 Å². The summed E-state index contributed by atoms with van der Waals surface area (Å²) in [6.45, 7) is 2.87. The molecule has 2 N–H and O–H groups in total. The zero-order chi connectivity index (χ0) is 12.1. The fourth-order valence-electron chi connectivity index (χ4n) is 1.37. The first-order valence-electron chi connectivity index (χ1n) is 5.05. The molecule has 1 amide bonds. The van der Waals surface area contributed by atoms with Crippen molar-refractivity contribution in [1.29, 1.82) is 5.26 Å². The van der Waals surface area contributed by atoms with E-state index in [-0.39, 0.29) is 5.91 Å². The summed E-state index contributed by atoms with van der Waals surface area (Å²) in [5.74, 6) is -0.202. The zero-order valence-corrected chi connectivity index (χ0v) is 9.47. The molecule has 16 heavy (non-hydrogen) atoms. The maximum Gasteiger partial charge on any atom is 0.274 e. The standard InChI is InChI=1S/C10H15N5O/c1-3-15-9(8(12)7-13-15)10(16)14(2)6-4-5-11/h7H,3-4,6,12H2,1-2H3. The van der Waals surface area contributed by atoms with E-state index >= 15 is 0 Å². The van der Waals surface area contributed by atoms with Crippen molar-refractivity contribution in [2.24, 2.45) is 0 Å². The Morgan fingerprint density at radius 1 is 1.75 bits per heavy atom. The highest BCUT2D eigenvalue weighted by Crippen LogP contribution is 2.13. The third-order valence-corrected chi connectivity index (χ3v) is 2.28. The van der Waals surface area contributed by atoms with Gasteiger partial charge in [-0.3, -0.25) is 9.48 Å². The molecule has 1 heterocycles. The highest BCUT2D eigenvalue weighted by molar-refractivity contribution is 5.97. The summed E-state index contributed by atoms with van der Waals surface area (Å²) in [4.78, 5) is 13.5. The minimum Gasteiger partial charge on any atom is -0.396 e. The van der Waals surface area contributed by atoms with Gasteiger partial charge in [0, 0.05) is 20.1 Å². The lowest BCUT2D eigenvalue weighted by atomic mass is 10.3. The third kappa shape index (κ3) is 2.31. The van der Waals surface area contributed by atoms with Crippen LogP contribution in [0.3, 0.4) is 0 Å². The third-order valence-electron chi connectivity index (χ3n) is 2.28. The maximum absolute atomic E-state index is 12.0. The van der Waals surface area contributed by atoms with E-state index < -0.39 is 0 Å². The molecular weight excluding hydrogens is 206 g/mol. The number of carbonyl (C=O) groups excluding carboxylic acids is 1. The number of nitrogen functional groups attached to an aromatic ring is 1. The molecule has 0 spiro atoms. The van der Waals surface area contributed by atoms with Crippen molar-refractivity contribution in [2.45, 2.75) is 19.9 Å². The Morgan fingerprint density at radius 2 is 2.44 bits per heavy atom. The Hall–Kier alpha value is -2.03. The Bertz CT molecular complexity index is 417. The number of anilines is 1. The molecular formula is C10H15N5O. The predicted octanol–water partition coefficient (Wildman–Crippen LogP) is 0.471. The second kappa shape index (κ2) is 5.16. The minimum absolute atomic E-state index is 0.202. The molecule has 86 valence electrons. The highest BCUT2D eigenvalue weighted by Gasteiger charge is 2.19. The molecule has 0 radical (unpaired) electrons. The van der Waals surface area contributed by atoms with Gasteiger partial charge in [-0.05, 0) is 6.92 Å². The van der Waals surface area contributed by atoms with Gasteiger partial charge in [0.05, 0.1) is 24.4 Å². The van der Waals surface area contributed by atoms with E-state index in [1.165, 1.54) is 11.1 Å². The molecule has 0 aromatic carbocycles. The number of carbonyl (C=O) groups is 1. The summed E-state index contributed by atoms with van der Waals surface area (Å²) in [5.41, 5.74) is 6.45. The van der Waals surface area contributed by atoms with E-state index in [9.17, 15) is 4.79 Å². The van der Waals surface area contributed by atoms with Gasteiger partial charge in [0.2, 0.25) is 0 Å². The van der Waals surface area contributed by atoms with Crippen molar-refractivity contribution < 1.29 is 4.79 Å². The lowest BCUT2D eigenvalue weighted by molar-refractivity contribution is 0.0787. The molecule has 1 aromatic rings. The van der Waals surface area contributed by atoms with Crippen molar-refractivity contribution in [3.63, 3.8) is 0 Å². The van der Waals surface area contributed by atoms with Gasteiger partial charge >= 0.3 is 0 Å². The summed E-state index contributed by atoms with van der Waals surface area (Å²) in [5, 5.41) is 12.4. The fourth-order valence-corrected chi connectivity index (χ4v) is 1.37. The first kappa shape index (κ1) is 12.0. The van der Waals surface area contributed by atoms with Crippen LogP contribution >= 0.6 is 0 Å². The van der Waals surface area contributed by atoms with Gasteiger partial charge in [-0.25, -0.2) is 0 Å². The Balaban J connectivity index is 2.87. The largest absolute Gasteiger partial charge is 0.396 e. The van der Waals surface area contributed by atoms with Gasteiger partial charge in [-0.2, -0.15) is 10.4 Å². The van der Waals surface area contributed by atoms with Gasteiger partial charge in [-0.1, -0.05) is 0 Å². The maximum atomic E-state index is 12.0. The van der Waals surface area contributed by atoms with E-state index in [1.807, 2.05) is 13.0 Å². The first-order chi connectivity index (χ1) is 7.61. The van der Waals surface area contributed by atoms with Crippen LogP contribution in [0.2, 0.25) is 0 Å². The Labute approximate surface area is 94.2 Å². The number of aryl methyl sites for hydroxylation is 1. The number of aromatic nitrogens is 2. The molecule has 0 fully saturated rings. The van der Waals surface area contributed by atoms with Gasteiger partial charge in [0.15, 0.2) is 0 Å². The molecule has 1 aromatic heterocycles. The van der Waals surface area contributed by atoms with Crippen molar-refractivity contribution in [2.75, 3.05) is 19.3 Å². The lowest BCUT2D eigenvalue weighted by Gasteiger charge is -2.16. The van der Waals surface area contributed by atoms with Gasteiger partial charge in [-0.15, -0.1) is 0 Å². The molecule has 6 nitrogen and oxygen atoms in total. The monoisotopic (exact) mass is 221 g/mol. The van der Waals surface area contributed by atoms with E-state index in [1.54, 1.807) is 11.7 Å². The summed E-state index contributed by atoms with van der Waals surface area (Å²) < 4.78 is 1.56. The number of rotatable bonds is 4. The van der Waals surface area contributed by atoms with Gasteiger partial charge in [0.25, 0.3) is 5.91 Å². The summed E-state index contributed by atoms with van der Waals surface area (Å²) >= 11 is 0. The molecule has 0 bridgehead atoms. The topological polar surface area (TPSA) is 87.9 Å². The van der Waals surface area contributed by atoms with Crippen molar-refractivity contribution in [3.8, 4) is 6.07 Å². The first-order valence-corrected chi connectivity index (χ1v) is 5.05. The second-order valence-corrected chi connectivity index (χ2v) is 3.40. The van der Waals surface area contributed by atoms with Crippen LogP contribution in [0.15, 0.2) is 6.20 Å². The normalized spacial score (nSPS) is 9.81. The van der Waals surface area contributed by atoms with Crippen LogP contribution in [0.1, 0.15) is 23.8 Å². The van der Waals surface area contributed by atoms with Crippen LogP contribution in [-0.4, -0.2) is 34.2 Å². The number of nitriles is 1. The average Bonchev–Trinajstić information content (AvgIpc) is 2.66. The zero-order valence-electron chi connectivity index (χ0n) is 9.47. The summed E-state index contributed by atoms with van der Waals surface area (Å²) in [6.07, 6.45) is 1.78. The molecule has 0 unspecified atom stereocenters. The number of hydrogen-bond donors (Lipinski definition) is 1. The Morgan fingerprint density at radius 3 is 3.00 bits per heavy atom. The van der Waals surface area contributed by atoms with Crippen LogP contribution < -0.4 is 5.73 Å². The predicted molar refractivity (Wildman–Crippen MR) is 59.5 cm³/mol. The number of amides is 1. The fraction of sp³-hybridized carbons (Fsp3) is 0.500. The molecule has 1 rings (SSSR count). The summed E-state index contributed by atoms with van der Waals surface area (Å²) in [6, 6.07) is 1.99. The molecule has 0 saturated heterocycles. The average molecular weight is 221 g/mol. The van der Waals surface area contributed by atoms with Crippen LogP contribution in [0, 0.1) is 11.3 Å². The van der Waals surface area contributed by atoms with Gasteiger partial charge in [0.1, 0.15) is 5.69 Å². The molecule has 0 aliphatic rings. The van der Waals surface area contributed by atoms with Crippen LogP contribution in [0.4, 0.5) is 5.69 Å². The van der Waals surface area contributed by atoms with Crippen molar-refractivity contribution >= 4 is 11.6 Å². The number of nitrogens with two attached hydrogens (primary N) is 1. The quantitative estimate of drug-likeness (QED) is 0.800. The SMILES string of the molecule is CCn1ncc(N)c1C(=O)N(C)CCC#N. The van der Waals surface area contributed by atoms with Crippen molar-refractivity contribution in [1.82, 2.24) is 14.7 Å². The van der Waals surface area contributed by atoms with Crippen molar-refractivity contribution in [3.05, 3.63) is 11.9 Å². The van der Waals surface area contributed by atoms with E-state index in [2.05, 4.69) is 5.10 Å². The number of hydrogen-bond acceptors (Lipinski definition) is 4. The Kier molecular flexibility index (Phi) is 3.89. The molecule has 6 heteroatoms. The van der Waals surface area contributed by atoms with Crippen LogP contribution in [0.5, 0.6) is 0 Å². The molecule has 0 saturated carbocycles. The van der Waals surface area contributed by atoms with Crippen LogP contribution in [0.25, 0.3) is 0 Å². The molecule has 0 aliphatic heterocycles.